The maximum atomic E-state index is 12.2. The Balaban J connectivity index is 1.82. The second-order valence-electron chi connectivity index (χ2n) is 6.72. The molecule has 0 bridgehead atoms. The lowest BCUT2D eigenvalue weighted by Crippen LogP contribution is -2.42. The van der Waals surface area contributed by atoms with E-state index < -0.39 is 0 Å². The summed E-state index contributed by atoms with van der Waals surface area (Å²) < 4.78 is 0. The predicted octanol–water partition coefficient (Wildman–Crippen LogP) is 2.45. The number of nitrogens with zero attached hydrogens (tertiary/aromatic N) is 2. The van der Waals surface area contributed by atoms with Crippen LogP contribution in [-0.4, -0.2) is 49.8 Å². The van der Waals surface area contributed by atoms with Crippen LogP contribution in [0.15, 0.2) is 24.3 Å². The van der Waals surface area contributed by atoms with Crippen molar-refractivity contribution < 1.29 is 9.90 Å². The van der Waals surface area contributed by atoms with Crippen LogP contribution in [0.4, 0.5) is 10.5 Å². The van der Waals surface area contributed by atoms with Crippen LogP contribution in [-0.2, 0) is 6.54 Å². The van der Waals surface area contributed by atoms with Crippen molar-refractivity contribution in [2.45, 2.75) is 38.3 Å². The number of urea groups is 1. The van der Waals surface area contributed by atoms with Crippen molar-refractivity contribution in [3.8, 4) is 0 Å². The number of nitrogens with one attached hydrogen (secondary N) is 1. The van der Waals surface area contributed by atoms with Crippen molar-refractivity contribution >= 4 is 11.7 Å². The molecule has 1 saturated carbocycles. The van der Waals surface area contributed by atoms with Crippen LogP contribution in [0.5, 0.6) is 0 Å². The largest absolute Gasteiger partial charge is 0.393 e. The van der Waals surface area contributed by atoms with E-state index in [1.54, 1.807) is 11.9 Å². The normalized spacial score (nSPS) is 20.9. The molecular weight excluding hydrogens is 290 g/mol. The lowest BCUT2D eigenvalue weighted by Gasteiger charge is -2.31. The first-order chi connectivity index (χ1) is 11.0. The summed E-state index contributed by atoms with van der Waals surface area (Å²) in [7, 11) is 5.80. The van der Waals surface area contributed by atoms with Crippen LogP contribution in [0.3, 0.4) is 0 Å². The fraction of sp³-hybridized carbons (Fsp3) is 0.611. The van der Waals surface area contributed by atoms with Gasteiger partial charge in [-0.2, -0.15) is 0 Å². The first-order valence-corrected chi connectivity index (χ1v) is 8.40. The molecule has 0 spiro atoms. The summed E-state index contributed by atoms with van der Waals surface area (Å²) >= 11 is 0. The van der Waals surface area contributed by atoms with E-state index in [9.17, 15) is 9.90 Å². The van der Waals surface area contributed by atoms with Crippen molar-refractivity contribution in [2.24, 2.45) is 5.92 Å². The highest BCUT2D eigenvalue weighted by Gasteiger charge is 2.25. The van der Waals surface area contributed by atoms with E-state index in [4.69, 9.17) is 0 Å². The van der Waals surface area contributed by atoms with Gasteiger partial charge >= 0.3 is 6.03 Å². The Morgan fingerprint density at radius 1 is 1.26 bits per heavy atom. The molecule has 2 rings (SSSR count). The third-order valence-corrected chi connectivity index (χ3v) is 4.59. The maximum absolute atomic E-state index is 12.2. The molecule has 128 valence electrons. The van der Waals surface area contributed by atoms with Crippen LogP contribution in [0.1, 0.15) is 31.2 Å². The third-order valence-electron chi connectivity index (χ3n) is 4.59. The minimum absolute atomic E-state index is 0.0852. The van der Waals surface area contributed by atoms with Gasteiger partial charge in [-0.15, -0.1) is 0 Å². The van der Waals surface area contributed by atoms with E-state index in [2.05, 4.69) is 11.4 Å². The van der Waals surface area contributed by atoms with E-state index in [-0.39, 0.29) is 18.1 Å². The molecule has 1 aromatic carbocycles. The number of rotatable bonds is 5. The van der Waals surface area contributed by atoms with Crippen LogP contribution in [0.2, 0.25) is 0 Å². The van der Waals surface area contributed by atoms with E-state index in [1.165, 1.54) is 0 Å². The van der Waals surface area contributed by atoms with Crippen molar-refractivity contribution in [3.05, 3.63) is 29.8 Å². The molecular formula is C18H29N3O2. The number of benzene rings is 1. The van der Waals surface area contributed by atoms with E-state index in [0.29, 0.717) is 13.1 Å². The molecule has 5 heteroatoms. The minimum atomic E-state index is -0.268. The molecule has 1 aliphatic carbocycles. The zero-order valence-electron chi connectivity index (χ0n) is 14.5. The fourth-order valence-electron chi connectivity index (χ4n) is 3.09. The molecule has 1 aromatic rings. The molecule has 2 unspecified atom stereocenters. The highest BCUT2D eigenvalue weighted by atomic mass is 16.3. The molecule has 0 heterocycles. The molecule has 5 nitrogen and oxygen atoms in total. The second kappa shape index (κ2) is 8.20. The van der Waals surface area contributed by atoms with Gasteiger partial charge in [0.15, 0.2) is 0 Å². The van der Waals surface area contributed by atoms with Gasteiger partial charge in [0, 0.05) is 45.8 Å². The summed E-state index contributed by atoms with van der Waals surface area (Å²) in [4.78, 5) is 16.0. The summed E-state index contributed by atoms with van der Waals surface area (Å²) in [5.41, 5.74) is 2.20. The number of hydrogen-bond donors (Lipinski definition) is 2. The van der Waals surface area contributed by atoms with Crippen LogP contribution >= 0.6 is 0 Å². The van der Waals surface area contributed by atoms with Gasteiger partial charge in [0.05, 0.1) is 6.10 Å². The number of hydrogen-bond acceptors (Lipinski definition) is 3. The highest BCUT2D eigenvalue weighted by Crippen LogP contribution is 2.24. The van der Waals surface area contributed by atoms with E-state index >= 15 is 0 Å². The van der Waals surface area contributed by atoms with Gasteiger partial charge in [0.25, 0.3) is 0 Å². The molecule has 0 aliphatic heterocycles. The lowest BCUT2D eigenvalue weighted by molar-refractivity contribution is 0.0565. The summed E-state index contributed by atoms with van der Waals surface area (Å²) in [6.45, 7) is 1.13. The Labute approximate surface area is 139 Å². The van der Waals surface area contributed by atoms with Gasteiger partial charge in [0.1, 0.15) is 0 Å². The fourth-order valence-corrected chi connectivity index (χ4v) is 3.09. The number of carbonyl (C=O) groups excluding carboxylic acids is 1. The Morgan fingerprint density at radius 3 is 2.70 bits per heavy atom. The maximum Gasteiger partial charge on any atom is 0.317 e. The molecule has 0 aromatic heterocycles. The van der Waals surface area contributed by atoms with Gasteiger partial charge in [-0.05, 0) is 30.5 Å². The number of anilines is 1. The zero-order chi connectivity index (χ0) is 16.8. The molecule has 2 N–H and O–H groups in total. The molecule has 2 atom stereocenters. The average Bonchev–Trinajstić information content (AvgIpc) is 2.55. The molecule has 1 fully saturated rings. The summed E-state index contributed by atoms with van der Waals surface area (Å²) in [5.74, 6) is 0.205. The Hall–Kier alpha value is -1.75. The molecule has 2 amide bonds. The number of aliphatic hydroxyl groups excluding tert-OH is 1. The summed E-state index contributed by atoms with van der Waals surface area (Å²) in [6.07, 6.45) is 3.83. The van der Waals surface area contributed by atoms with Gasteiger partial charge in [-0.25, -0.2) is 4.79 Å². The molecule has 0 saturated heterocycles. The highest BCUT2D eigenvalue weighted by molar-refractivity contribution is 5.73. The Bertz CT molecular complexity index is 519. The SMILES string of the molecule is CN(CC1CCCCC1O)C(=O)NCc1cccc(N(C)C)c1. The second-order valence-corrected chi connectivity index (χ2v) is 6.72. The molecule has 0 radical (unpaired) electrons. The quantitative estimate of drug-likeness (QED) is 0.876. The topological polar surface area (TPSA) is 55.8 Å². The Morgan fingerprint density at radius 2 is 2.00 bits per heavy atom. The van der Waals surface area contributed by atoms with Gasteiger partial charge in [-0.1, -0.05) is 25.0 Å². The zero-order valence-corrected chi connectivity index (χ0v) is 14.5. The van der Waals surface area contributed by atoms with Crippen LogP contribution < -0.4 is 10.2 Å². The first-order valence-electron chi connectivity index (χ1n) is 8.40. The first kappa shape index (κ1) is 17.6. The van der Waals surface area contributed by atoms with Crippen molar-refractivity contribution in [1.29, 1.82) is 0 Å². The predicted molar refractivity (Wildman–Crippen MR) is 93.6 cm³/mol. The van der Waals surface area contributed by atoms with E-state index in [1.807, 2.05) is 37.2 Å². The molecule has 23 heavy (non-hydrogen) atoms. The van der Waals surface area contributed by atoms with Gasteiger partial charge in [0.2, 0.25) is 0 Å². The Kier molecular flexibility index (Phi) is 6.28. The van der Waals surface area contributed by atoms with Crippen molar-refractivity contribution in [1.82, 2.24) is 10.2 Å². The minimum Gasteiger partial charge on any atom is -0.393 e. The van der Waals surface area contributed by atoms with Crippen molar-refractivity contribution in [2.75, 3.05) is 32.6 Å². The number of aliphatic hydroxyl groups is 1. The molecule has 1 aliphatic rings. The third kappa shape index (κ3) is 5.13. The smallest absolute Gasteiger partial charge is 0.317 e. The van der Waals surface area contributed by atoms with Gasteiger partial charge in [-0.3, -0.25) is 0 Å². The average molecular weight is 319 g/mol. The van der Waals surface area contributed by atoms with E-state index in [0.717, 1.165) is 36.9 Å². The van der Waals surface area contributed by atoms with Crippen LogP contribution in [0, 0.1) is 5.92 Å². The van der Waals surface area contributed by atoms with Crippen molar-refractivity contribution in [3.63, 3.8) is 0 Å². The standard InChI is InChI=1S/C18H29N3O2/c1-20(2)16-9-6-7-14(11-16)12-19-18(23)21(3)13-15-8-4-5-10-17(15)22/h6-7,9,11,15,17,22H,4-5,8,10,12-13H2,1-3H3,(H,19,23). The number of amides is 2. The summed E-state index contributed by atoms with van der Waals surface area (Å²) in [5, 5.41) is 13.0. The number of carbonyl (C=O) groups is 1. The monoisotopic (exact) mass is 319 g/mol. The lowest BCUT2D eigenvalue weighted by atomic mass is 9.86. The van der Waals surface area contributed by atoms with Gasteiger partial charge < -0.3 is 20.2 Å². The van der Waals surface area contributed by atoms with Crippen LogP contribution in [0.25, 0.3) is 0 Å². The summed E-state index contributed by atoms with van der Waals surface area (Å²) in [6, 6.07) is 8.04.